The lowest BCUT2D eigenvalue weighted by Gasteiger charge is -2.30. The molecule has 0 fully saturated rings. The van der Waals surface area contributed by atoms with Crippen molar-refractivity contribution in [1.29, 1.82) is 0 Å². The number of nitrogens with one attached hydrogen (secondary N) is 1. The summed E-state index contributed by atoms with van der Waals surface area (Å²) in [5.41, 5.74) is 12.1. The quantitative estimate of drug-likeness (QED) is 0.196. The Morgan fingerprint density at radius 1 is 0.583 bits per heavy atom. The predicted octanol–water partition coefficient (Wildman–Crippen LogP) is 10.8. The van der Waals surface area contributed by atoms with Gasteiger partial charge in [0.1, 0.15) is 5.84 Å². The first-order chi connectivity index (χ1) is 23.8. The van der Waals surface area contributed by atoms with Gasteiger partial charge in [0.2, 0.25) is 0 Å². The molecule has 2 heterocycles. The summed E-state index contributed by atoms with van der Waals surface area (Å²) < 4.78 is 0. The molecule has 1 unspecified atom stereocenters. The van der Waals surface area contributed by atoms with Gasteiger partial charge in [-0.1, -0.05) is 115 Å². The van der Waals surface area contributed by atoms with Crippen molar-refractivity contribution in [2.75, 3.05) is 0 Å². The fourth-order valence-corrected chi connectivity index (χ4v) is 7.35. The minimum atomic E-state index is -0.0913. The Morgan fingerprint density at radius 2 is 1.35 bits per heavy atom. The zero-order valence-corrected chi connectivity index (χ0v) is 26.5. The van der Waals surface area contributed by atoms with Gasteiger partial charge in [-0.25, -0.2) is 4.99 Å². The van der Waals surface area contributed by atoms with Crippen molar-refractivity contribution >= 4 is 39.0 Å². The second-order valence-corrected chi connectivity index (χ2v) is 12.6. The smallest absolute Gasteiger partial charge is 0.129 e. The maximum atomic E-state index is 5.08. The Kier molecular flexibility index (Phi) is 7.01. The van der Waals surface area contributed by atoms with Gasteiger partial charge in [-0.05, 0) is 109 Å². The summed E-state index contributed by atoms with van der Waals surface area (Å²) >= 11 is 0. The molecule has 0 radical (unpaired) electrons. The predicted molar refractivity (Wildman–Crippen MR) is 201 cm³/mol. The van der Waals surface area contributed by atoms with Crippen LogP contribution in [0.15, 0.2) is 169 Å². The molecule has 3 heteroatoms. The molecule has 1 aliphatic heterocycles. The highest BCUT2D eigenvalue weighted by molar-refractivity contribution is 6.13. The Labute approximate surface area is 280 Å². The molecule has 228 valence electrons. The van der Waals surface area contributed by atoms with Crippen LogP contribution < -0.4 is 5.32 Å². The topological polar surface area (TPSA) is 37.3 Å². The van der Waals surface area contributed by atoms with E-state index in [1.165, 1.54) is 54.9 Å². The summed E-state index contributed by atoms with van der Waals surface area (Å²) in [5.74, 6) is 0.947. The molecule has 2 aliphatic rings. The molecule has 0 spiro atoms. The fourth-order valence-electron chi connectivity index (χ4n) is 7.35. The molecule has 1 aliphatic carbocycles. The number of hydrogen-bond donors (Lipinski definition) is 1. The summed E-state index contributed by atoms with van der Waals surface area (Å²) in [7, 11) is 0. The molecular formula is C45H33N3. The van der Waals surface area contributed by atoms with Crippen molar-refractivity contribution in [3.63, 3.8) is 0 Å². The van der Waals surface area contributed by atoms with Gasteiger partial charge >= 0.3 is 0 Å². The summed E-state index contributed by atoms with van der Waals surface area (Å²) in [6.07, 6.45) is 10.1. The van der Waals surface area contributed by atoms with E-state index in [4.69, 9.17) is 4.99 Å². The van der Waals surface area contributed by atoms with E-state index in [0.29, 0.717) is 0 Å². The van der Waals surface area contributed by atoms with Gasteiger partial charge in [-0.15, -0.1) is 0 Å². The molecule has 0 bridgehead atoms. The standard InChI is InChI=1S/C45H33N3/c1-2-11-31-25-37(22-21-30(31)10-1)45-47-29-43(34-15-7-13-32(24-34)38-17-9-23-46-28-38)44(48-45)36-16-8-14-33(26-36)42-27-35-12-3-4-18-39(35)40-19-5-6-20-41(40)42/h1-20,23-29,44H,21-22H2,(H,47,48). The number of hydrogen-bond acceptors (Lipinski definition) is 3. The fraction of sp³-hybridized carbons (Fsp3) is 0.0667. The van der Waals surface area contributed by atoms with E-state index in [0.717, 1.165) is 40.9 Å². The first-order valence-corrected chi connectivity index (χ1v) is 16.6. The number of nitrogens with zero attached hydrogens (tertiary/aromatic N) is 2. The highest BCUT2D eigenvalue weighted by Gasteiger charge is 2.26. The molecular weight excluding hydrogens is 583 g/mol. The molecule has 1 aromatic heterocycles. The van der Waals surface area contributed by atoms with E-state index in [2.05, 4.69) is 156 Å². The lowest BCUT2D eigenvalue weighted by atomic mass is 9.87. The minimum Gasteiger partial charge on any atom is -0.359 e. The van der Waals surface area contributed by atoms with Crippen molar-refractivity contribution in [1.82, 2.24) is 10.3 Å². The lowest BCUT2D eigenvalue weighted by molar-refractivity contribution is 0.787. The van der Waals surface area contributed by atoms with Gasteiger partial charge in [-0.3, -0.25) is 4.98 Å². The molecule has 1 atom stereocenters. The normalized spacial score (nSPS) is 15.7. The van der Waals surface area contributed by atoms with Crippen LogP contribution in [-0.2, 0) is 6.42 Å². The largest absolute Gasteiger partial charge is 0.359 e. The van der Waals surface area contributed by atoms with Gasteiger partial charge in [0, 0.05) is 29.7 Å². The van der Waals surface area contributed by atoms with Crippen molar-refractivity contribution in [3.05, 3.63) is 186 Å². The zero-order chi connectivity index (χ0) is 31.9. The first-order valence-electron chi connectivity index (χ1n) is 16.6. The van der Waals surface area contributed by atoms with E-state index >= 15 is 0 Å². The molecule has 1 N–H and O–H groups in total. The second-order valence-electron chi connectivity index (χ2n) is 12.6. The number of fused-ring (bicyclic) bond motifs is 4. The molecule has 6 aromatic carbocycles. The van der Waals surface area contributed by atoms with Crippen molar-refractivity contribution < 1.29 is 0 Å². The zero-order valence-electron chi connectivity index (χ0n) is 26.5. The Hall–Kier alpha value is -6.06. The molecule has 48 heavy (non-hydrogen) atoms. The average Bonchev–Trinajstić information content (AvgIpc) is 3.17. The van der Waals surface area contributed by atoms with Crippen molar-refractivity contribution in [2.45, 2.75) is 18.9 Å². The molecule has 0 saturated carbocycles. The second kappa shape index (κ2) is 11.9. The third-order valence-corrected chi connectivity index (χ3v) is 9.77. The highest BCUT2D eigenvalue weighted by Crippen LogP contribution is 2.39. The van der Waals surface area contributed by atoms with Gasteiger partial charge in [0.05, 0.1) is 6.04 Å². The van der Waals surface area contributed by atoms with Crippen LogP contribution >= 0.6 is 0 Å². The van der Waals surface area contributed by atoms with Crippen LogP contribution in [0.25, 0.3) is 55.4 Å². The number of rotatable bonds is 5. The molecule has 9 rings (SSSR count). The van der Waals surface area contributed by atoms with Crippen molar-refractivity contribution in [2.24, 2.45) is 4.99 Å². The summed E-state index contributed by atoms with van der Waals surface area (Å²) in [4.78, 5) is 9.45. The van der Waals surface area contributed by atoms with E-state index in [-0.39, 0.29) is 6.04 Å². The van der Waals surface area contributed by atoms with Gasteiger partial charge in [-0.2, -0.15) is 0 Å². The van der Waals surface area contributed by atoms with E-state index in [1.807, 2.05) is 18.5 Å². The Balaban J connectivity index is 1.17. The van der Waals surface area contributed by atoms with Crippen LogP contribution in [0.1, 0.15) is 34.7 Å². The van der Waals surface area contributed by atoms with Crippen LogP contribution in [0, 0.1) is 0 Å². The number of aryl methyl sites for hydroxylation is 1. The van der Waals surface area contributed by atoms with Crippen molar-refractivity contribution in [3.8, 4) is 22.3 Å². The average molecular weight is 616 g/mol. The molecule has 3 nitrogen and oxygen atoms in total. The van der Waals surface area contributed by atoms with Crippen LogP contribution in [0.4, 0.5) is 0 Å². The van der Waals surface area contributed by atoms with E-state index in [9.17, 15) is 0 Å². The summed E-state index contributed by atoms with van der Waals surface area (Å²) in [5, 5.41) is 8.99. The number of benzene rings is 6. The van der Waals surface area contributed by atoms with E-state index < -0.39 is 0 Å². The lowest BCUT2D eigenvalue weighted by Crippen LogP contribution is -2.33. The summed E-state index contributed by atoms with van der Waals surface area (Å²) in [6, 6.07) is 50.3. The number of pyridine rings is 1. The number of aromatic nitrogens is 1. The van der Waals surface area contributed by atoms with Gasteiger partial charge < -0.3 is 5.32 Å². The highest BCUT2D eigenvalue weighted by atomic mass is 15.0. The third kappa shape index (κ3) is 5.10. The molecule has 0 amide bonds. The monoisotopic (exact) mass is 615 g/mol. The minimum absolute atomic E-state index is 0.0913. The first kappa shape index (κ1) is 28.2. The maximum absolute atomic E-state index is 5.08. The maximum Gasteiger partial charge on any atom is 0.129 e. The molecule has 0 saturated heterocycles. The number of aliphatic imine (C=N–C) groups is 1. The van der Waals surface area contributed by atoms with Gasteiger partial charge in [0.15, 0.2) is 0 Å². The third-order valence-electron chi connectivity index (χ3n) is 9.77. The van der Waals surface area contributed by atoms with Crippen LogP contribution in [0.5, 0.6) is 0 Å². The Morgan fingerprint density at radius 3 is 2.27 bits per heavy atom. The van der Waals surface area contributed by atoms with Crippen LogP contribution in [0.2, 0.25) is 0 Å². The van der Waals surface area contributed by atoms with E-state index in [1.54, 1.807) is 0 Å². The SMILES string of the molecule is C1=C(C2=NC=C(c3cccc(-c4cccnc4)c3)C(c3cccc(-c4cc5ccccc5c5ccccc45)c3)N2)CCc2ccccc21. The van der Waals surface area contributed by atoms with Crippen LogP contribution in [0.3, 0.4) is 0 Å². The van der Waals surface area contributed by atoms with Gasteiger partial charge in [0.25, 0.3) is 0 Å². The Bertz CT molecular complexity index is 2430. The van der Waals surface area contributed by atoms with Crippen LogP contribution in [-0.4, -0.2) is 10.8 Å². The number of amidine groups is 1. The summed E-state index contributed by atoms with van der Waals surface area (Å²) in [6.45, 7) is 0. The molecule has 7 aromatic rings.